The Hall–Kier alpha value is -4.45. The molecule has 0 saturated heterocycles. The van der Waals surface area contributed by atoms with Gasteiger partial charge in [0.25, 0.3) is 0 Å². The van der Waals surface area contributed by atoms with Crippen LogP contribution >= 0.6 is 0 Å². The van der Waals surface area contributed by atoms with Crippen molar-refractivity contribution in [2.45, 2.75) is 6.92 Å². The molecule has 5 aromatic rings. The van der Waals surface area contributed by atoms with Crippen molar-refractivity contribution in [2.24, 2.45) is 0 Å². The van der Waals surface area contributed by atoms with Crippen LogP contribution in [0.15, 0.2) is 106 Å². The third kappa shape index (κ3) is 3.81. The fourth-order valence-electron chi connectivity index (χ4n) is 3.44. The molecule has 0 unspecified atom stereocenters. The van der Waals surface area contributed by atoms with Crippen molar-refractivity contribution in [3.8, 4) is 28.6 Å². The van der Waals surface area contributed by atoms with Gasteiger partial charge in [0, 0.05) is 28.6 Å². The van der Waals surface area contributed by atoms with E-state index in [2.05, 4.69) is 15.3 Å². The fourth-order valence-corrected chi connectivity index (χ4v) is 3.44. The summed E-state index contributed by atoms with van der Waals surface area (Å²) in [7, 11) is 0. The summed E-state index contributed by atoms with van der Waals surface area (Å²) in [5, 5.41) is 3.20. The summed E-state index contributed by atoms with van der Waals surface area (Å²) in [6, 6.07) is 28.9. The van der Waals surface area contributed by atoms with Crippen molar-refractivity contribution in [3.63, 3.8) is 0 Å². The van der Waals surface area contributed by atoms with Gasteiger partial charge in [-0.05, 0) is 31.2 Å². The number of benzene rings is 3. The monoisotopic (exact) mass is 420 g/mol. The molecule has 0 radical (unpaired) electrons. The zero-order valence-electron chi connectivity index (χ0n) is 17.4. The molecule has 2 aromatic heterocycles. The highest BCUT2D eigenvalue weighted by atomic mass is 16.4. The normalized spacial score (nSPS) is 10.8. The van der Waals surface area contributed by atoms with Crippen LogP contribution in [0, 0.1) is 6.92 Å². The summed E-state index contributed by atoms with van der Waals surface area (Å²) >= 11 is 0. The molecule has 0 fully saturated rings. The highest BCUT2D eigenvalue weighted by Gasteiger charge is 2.20. The van der Waals surface area contributed by atoms with Crippen LogP contribution in [0.1, 0.15) is 5.56 Å². The van der Waals surface area contributed by atoms with Crippen LogP contribution in [0.25, 0.3) is 28.6 Å². The number of hydrogen-bond donors (Lipinski definition) is 1. The van der Waals surface area contributed by atoms with Crippen LogP contribution in [-0.2, 0) is 0 Å². The summed E-state index contributed by atoms with van der Waals surface area (Å²) in [4.78, 5) is 22.0. The number of nitrogens with zero attached hydrogens (tertiary/aromatic N) is 3. The molecule has 0 saturated carbocycles. The maximum atomic E-state index is 13.0. The van der Waals surface area contributed by atoms with Gasteiger partial charge < -0.3 is 9.73 Å². The van der Waals surface area contributed by atoms with Crippen molar-refractivity contribution in [2.75, 3.05) is 5.32 Å². The van der Waals surface area contributed by atoms with Crippen molar-refractivity contribution in [1.82, 2.24) is 14.5 Å². The number of anilines is 2. The first-order chi connectivity index (χ1) is 15.7. The van der Waals surface area contributed by atoms with Crippen molar-refractivity contribution in [1.29, 1.82) is 0 Å². The molecule has 0 amide bonds. The third-order valence-electron chi connectivity index (χ3n) is 5.04. The minimum atomic E-state index is -0.445. The third-order valence-corrected chi connectivity index (χ3v) is 5.04. The molecule has 1 N–H and O–H groups in total. The van der Waals surface area contributed by atoms with E-state index in [0.29, 0.717) is 23.3 Å². The van der Waals surface area contributed by atoms with Crippen molar-refractivity contribution >= 4 is 11.5 Å². The van der Waals surface area contributed by atoms with Gasteiger partial charge in [-0.2, -0.15) is 9.97 Å². The van der Waals surface area contributed by atoms with Gasteiger partial charge in [0.1, 0.15) is 5.82 Å². The second-order valence-electron chi connectivity index (χ2n) is 7.32. The molecule has 32 heavy (non-hydrogen) atoms. The first kappa shape index (κ1) is 19.5. The van der Waals surface area contributed by atoms with Crippen LogP contribution in [0.4, 0.5) is 11.5 Å². The van der Waals surface area contributed by atoms with E-state index in [4.69, 9.17) is 4.42 Å². The van der Waals surface area contributed by atoms with Gasteiger partial charge >= 0.3 is 5.69 Å². The molecule has 0 spiro atoms. The second-order valence-corrected chi connectivity index (χ2v) is 7.32. The zero-order valence-corrected chi connectivity index (χ0v) is 17.4. The smallest absolute Gasteiger partial charge is 0.355 e. The predicted octanol–water partition coefficient (Wildman–Crippen LogP) is 5.61. The van der Waals surface area contributed by atoms with Gasteiger partial charge in [0.15, 0.2) is 11.6 Å². The molecule has 0 aliphatic heterocycles. The Balaban J connectivity index is 1.63. The topological polar surface area (TPSA) is 73.0 Å². The largest absolute Gasteiger partial charge is 0.434 e. The summed E-state index contributed by atoms with van der Waals surface area (Å²) in [6.07, 6.45) is 1.74. The number of para-hydroxylation sites is 1. The molecular weight excluding hydrogens is 400 g/mol. The Bertz CT molecular complexity index is 1410. The molecule has 5 rings (SSSR count). The summed E-state index contributed by atoms with van der Waals surface area (Å²) < 4.78 is 7.58. The number of hydrogen-bond acceptors (Lipinski definition) is 5. The number of oxazole rings is 1. The van der Waals surface area contributed by atoms with E-state index in [9.17, 15) is 4.79 Å². The van der Waals surface area contributed by atoms with Gasteiger partial charge in [-0.1, -0.05) is 66.7 Å². The van der Waals surface area contributed by atoms with Gasteiger partial charge in [0.2, 0.25) is 5.89 Å². The number of aryl methyl sites for hydroxylation is 1. The van der Waals surface area contributed by atoms with E-state index in [1.54, 1.807) is 6.20 Å². The van der Waals surface area contributed by atoms with Crippen LogP contribution in [-0.4, -0.2) is 14.5 Å². The minimum absolute atomic E-state index is 0.405. The molecule has 2 heterocycles. The SMILES string of the molecule is Cc1cn(-c2nc(-c3ccccc3)oc2-c2ccccc2)c(=O)nc1Nc1ccccc1. The van der Waals surface area contributed by atoms with Crippen molar-refractivity contribution < 1.29 is 4.42 Å². The molecule has 6 heteroatoms. The Kier molecular flexibility index (Phi) is 5.09. The van der Waals surface area contributed by atoms with Gasteiger partial charge in [-0.25, -0.2) is 9.36 Å². The van der Waals surface area contributed by atoms with E-state index in [0.717, 1.165) is 22.4 Å². The van der Waals surface area contributed by atoms with E-state index >= 15 is 0 Å². The molecular formula is C26H20N4O2. The first-order valence-electron chi connectivity index (χ1n) is 10.2. The number of nitrogens with one attached hydrogen (secondary N) is 1. The Morgan fingerprint density at radius 3 is 2.03 bits per heavy atom. The van der Waals surface area contributed by atoms with E-state index < -0.39 is 5.69 Å². The van der Waals surface area contributed by atoms with E-state index in [1.165, 1.54) is 4.57 Å². The van der Waals surface area contributed by atoms with E-state index in [-0.39, 0.29) is 0 Å². The van der Waals surface area contributed by atoms with Crippen LogP contribution in [0.5, 0.6) is 0 Å². The van der Waals surface area contributed by atoms with E-state index in [1.807, 2.05) is 97.9 Å². The fraction of sp³-hybridized carbons (Fsp3) is 0.0385. The highest BCUT2D eigenvalue weighted by Crippen LogP contribution is 2.31. The van der Waals surface area contributed by atoms with Gasteiger partial charge in [0.05, 0.1) is 0 Å². The maximum Gasteiger partial charge on any atom is 0.355 e. The molecule has 0 aliphatic carbocycles. The maximum absolute atomic E-state index is 13.0. The zero-order chi connectivity index (χ0) is 21.9. The second kappa shape index (κ2) is 8.35. The average molecular weight is 420 g/mol. The lowest BCUT2D eigenvalue weighted by Gasteiger charge is -2.10. The summed E-state index contributed by atoms with van der Waals surface area (Å²) in [6.45, 7) is 1.90. The predicted molar refractivity (Wildman–Crippen MR) is 125 cm³/mol. The summed E-state index contributed by atoms with van der Waals surface area (Å²) in [5.41, 5.74) is 2.87. The Morgan fingerprint density at radius 2 is 1.38 bits per heavy atom. The molecule has 0 bridgehead atoms. The van der Waals surface area contributed by atoms with Crippen molar-refractivity contribution in [3.05, 3.63) is 113 Å². The molecule has 3 aromatic carbocycles. The Labute approximate surface area is 184 Å². The number of rotatable bonds is 5. The van der Waals surface area contributed by atoms with Gasteiger partial charge in [-0.15, -0.1) is 0 Å². The highest BCUT2D eigenvalue weighted by molar-refractivity contribution is 5.69. The molecule has 6 nitrogen and oxygen atoms in total. The first-order valence-corrected chi connectivity index (χ1v) is 10.2. The van der Waals surface area contributed by atoms with Crippen LogP contribution < -0.4 is 11.0 Å². The number of aromatic nitrogens is 3. The molecule has 0 aliphatic rings. The lowest BCUT2D eigenvalue weighted by atomic mass is 10.2. The van der Waals surface area contributed by atoms with Crippen LogP contribution in [0.3, 0.4) is 0 Å². The van der Waals surface area contributed by atoms with Gasteiger partial charge in [-0.3, -0.25) is 0 Å². The lowest BCUT2D eigenvalue weighted by molar-refractivity contribution is 0.588. The molecule has 156 valence electrons. The quantitative estimate of drug-likeness (QED) is 0.400. The summed E-state index contributed by atoms with van der Waals surface area (Å²) in [5.74, 6) is 1.86. The lowest BCUT2D eigenvalue weighted by Crippen LogP contribution is -2.23. The van der Waals surface area contributed by atoms with Crippen LogP contribution in [0.2, 0.25) is 0 Å². The molecule has 0 atom stereocenters. The minimum Gasteiger partial charge on any atom is -0.434 e. The standard InChI is InChI=1S/C26H20N4O2/c1-18-17-30(26(31)28-23(18)27-21-15-9-4-10-16-21)24-22(19-11-5-2-6-12-19)32-25(29-24)20-13-7-3-8-14-20/h2-17H,1H3,(H,27,28,31). The Morgan fingerprint density at radius 1 is 0.781 bits per heavy atom. The average Bonchev–Trinajstić information content (AvgIpc) is 3.28.